The van der Waals surface area contributed by atoms with E-state index in [0.29, 0.717) is 26.2 Å². The van der Waals surface area contributed by atoms with Gasteiger partial charge in [-0.25, -0.2) is 8.42 Å². The molecule has 33 heavy (non-hydrogen) atoms. The minimum atomic E-state index is -3.25. The number of aliphatic hydroxyl groups is 1. The Hall–Kier alpha value is -2.39. The molecule has 5 rings (SSSR count). The van der Waals surface area contributed by atoms with E-state index in [1.54, 1.807) is 18.3 Å². The fourth-order valence-corrected chi connectivity index (χ4v) is 6.97. The monoisotopic (exact) mass is 469 g/mol. The molecule has 1 saturated heterocycles. The zero-order chi connectivity index (χ0) is 23.4. The van der Waals surface area contributed by atoms with Crippen LogP contribution in [0.25, 0.3) is 10.9 Å². The second-order valence-corrected chi connectivity index (χ2v) is 11.5. The molecule has 1 atom stereocenters. The Bertz CT molecular complexity index is 1280. The van der Waals surface area contributed by atoms with Crippen LogP contribution in [-0.2, 0) is 29.0 Å². The zero-order valence-electron chi connectivity index (χ0n) is 19.4. The molecule has 0 saturated carbocycles. The lowest BCUT2D eigenvalue weighted by Gasteiger charge is -2.55. The number of rotatable bonds is 6. The summed E-state index contributed by atoms with van der Waals surface area (Å²) in [5.41, 5.74) is 4.14. The summed E-state index contributed by atoms with van der Waals surface area (Å²) in [5.74, 6) is 0.885. The molecule has 0 amide bonds. The number of hydrogen-bond donors (Lipinski definition) is 1. The van der Waals surface area contributed by atoms with Crippen LogP contribution in [0.2, 0.25) is 0 Å². The van der Waals surface area contributed by atoms with Crippen molar-refractivity contribution in [2.75, 3.05) is 39.1 Å². The molecule has 3 heterocycles. The van der Waals surface area contributed by atoms with Gasteiger partial charge in [0.1, 0.15) is 5.75 Å². The van der Waals surface area contributed by atoms with Crippen molar-refractivity contribution in [3.63, 3.8) is 0 Å². The molecule has 2 aromatic carbocycles. The van der Waals surface area contributed by atoms with Gasteiger partial charge in [0.05, 0.1) is 31.0 Å². The minimum absolute atomic E-state index is 0.00577. The van der Waals surface area contributed by atoms with Crippen LogP contribution in [-0.4, -0.2) is 66.4 Å². The van der Waals surface area contributed by atoms with Crippen molar-refractivity contribution < 1.29 is 18.3 Å². The number of aryl methyl sites for hydroxylation is 1. The van der Waals surface area contributed by atoms with Crippen molar-refractivity contribution in [3.8, 4) is 5.75 Å². The quantitative estimate of drug-likeness (QED) is 0.601. The largest absolute Gasteiger partial charge is 0.497 e. The molecule has 2 aliphatic rings. The number of nitrogens with zero attached hydrogens (tertiary/aromatic N) is 3. The van der Waals surface area contributed by atoms with Crippen LogP contribution in [0, 0.1) is 0 Å². The van der Waals surface area contributed by atoms with Crippen molar-refractivity contribution in [2.45, 2.75) is 24.9 Å². The van der Waals surface area contributed by atoms with E-state index < -0.39 is 10.0 Å². The molecule has 7 nitrogen and oxygen atoms in total. The average Bonchev–Trinajstić information content (AvgIpc) is 3.10. The summed E-state index contributed by atoms with van der Waals surface area (Å²) in [6.45, 7) is 4.00. The fourth-order valence-electron chi connectivity index (χ4n) is 5.71. The molecular formula is C25H31N3O4S. The lowest BCUT2D eigenvalue weighted by Crippen LogP contribution is -2.67. The van der Waals surface area contributed by atoms with E-state index in [9.17, 15) is 13.5 Å². The predicted octanol–water partition coefficient (Wildman–Crippen LogP) is 2.64. The van der Waals surface area contributed by atoms with Gasteiger partial charge >= 0.3 is 0 Å². The van der Waals surface area contributed by atoms with Gasteiger partial charge in [0.25, 0.3) is 0 Å². The van der Waals surface area contributed by atoms with Crippen molar-refractivity contribution in [2.24, 2.45) is 7.05 Å². The van der Waals surface area contributed by atoms with Gasteiger partial charge in [-0.1, -0.05) is 30.3 Å². The molecular weight excluding hydrogens is 438 g/mol. The second-order valence-electron chi connectivity index (χ2n) is 9.24. The van der Waals surface area contributed by atoms with E-state index in [0.717, 1.165) is 22.3 Å². The lowest BCUT2D eigenvalue weighted by atomic mass is 9.70. The van der Waals surface area contributed by atoms with Gasteiger partial charge in [-0.05, 0) is 30.2 Å². The van der Waals surface area contributed by atoms with Gasteiger partial charge in [-0.15, -0.1) is 0 Å². The number of sulfonamides is 1. The molecule has 0 unspecified atom stereocenters. The van der Waals surface area contributed by atoms with Crippen LogP contribution in [0.4, 0.5) is 0 Å². The van der Waals surface area contributed by atoms with E-state index in [1.165, 1.54) is 11.1 Å². The normalized spacial score (nSPS) is 20.7. The third kappa shape index (κ3) is 3.47. The standard InChI is InChI=1S/C25H31N3O4S/c1-4-33(30,31)28-16-25(17-28)15-27(13-18-8-6-5-7-9-18)22(14-29)24-23(25)20-11-10-19(32-3)12-21(20)26(24)2/h5-12,22,29H,4,13-17H2,1-3H3/t22-/m1/s1. The Morgan fingerprint density at radius 1 is 1.12 bits per heavy atom. The van der Waals surface area contributed by atoms with Crippen LogP contribution in [0.15, 0.2) is 48.5 Å². The van der Waals surface area contributed by atoms with Crippen LogP contribution < -0.4 is 4.74 Å². The molecule has 0 radical (unpaired) electrons. The third-order valence-electron chi connectivity index (χ3n) is 7.36. The number of hydrogen-bond acceptors (Lipinski definition) is 5. The maximum Gasteiger partial charge on any atom is 0.213 e. The molecule has 0 bridgehead atoms. The summed E-state index contributed by atoms with van der Waals surface area (Å²) in [5, 5.41) is 11.6. The SMILES string of the molecule is CCS(=O)(=O)N1CC2(CN(Cc3ccccc3)[C@H](CO)c3c2c2ccc(OC)cc2n3C)C1. The fraction of sp³-hybridized carbons (Fsp3) is 0.440. The lowest BCUT2D eigenvalue weighted by molar-refractivity contribution is 0.0242. The number of fused-ring (bicyclic) bond motifs is 4. The molecule has 1 aromatic heterocycles. The average molecular weight is 470 g/mol. The Morgan fingerprint density at radius 2 is 1.85 bits per heavy atom. The Labute approximate surface area is 195 Å². The predicted molar refractivity (Wildman–Crippen MR) is 129 cm³/mol. The summed E-state index contributed by atoms with van der Waals surface area (Å²) in [6, 6.07) is 16.1. The second kappa shape index (κ2) is 8.13. The topological polar surface area (TPSA) is 75.0 Å². The van der Waals surface area contributed by atoms with Crippen LogP contribution >= 0.6 is 0 Å². The first-order chi connectivity index (χ1) is 15.8. The van der Waals surface area contributed by atoms with E-state index in [4.69, 9.17) is 4.74 Å². The van der Waals surface area contributed by atoms with Gasteiger partial charge < -0.3 is 14.4 Å². The van der Waals surface area contributed by atoms with Crippen LogP contribution in [0.5, 0.6) is 5.75 Å². The highest BCUT2D eigenvalue weighted by molar-refractivity contribution is 7.89. The number of ether oxygens (including phenoxy) is 1. The van der Waals surface area contributed by atoms with Gasteiger partial charge in [-0.2, -0.15) is 4.31 Å². The first-order valence-electron chi connectivity index (χ1n) is 11.4. The van der Waals surface area contributed by atoms with Gasteiger partial charge in [0.15, 0.2) is 0 Å². The maximum absolute atomic E-state index is 12.6. The number of methoxy groups -OCH3 is 1. The molecule has 0 aliphatic carbocycles. The molecule has 2 aliphatic heterocycles. The highest BCUT2D eigenvalue weighted by atomic mass is 32.2. The summed E-state index contributed by atoms with van der Waals surface area (Å²) >= 11 is 0. The Morgan fingerprint density at radius 3 is 2.48 bits per heavy atom. The first-order valence-corrected chi connectivity index (χ1v) is 13.0. The number of aliphatic hydroxyl groups excluding tert-OH is 1. The van der Waals surface area contributed by atoms with Crippen molar-refractivity contribution in [1.82, 2.24) is 13.8 Å². The molecule has 8 heteroatoms. The highest BCUT2D eigenvalue weighted by Crippen LogP contribution is 2.50. The van der Waals surface area contributed by atoms with Crippen molar-refractivity contribution >= 4 is 20.9 Å². The highest BCUT2D eigenvalue weighted by Gasteiger charge is 2.55. The number of benzene rings is 2. The third-order valence-corrected chi connectivity index (χ3v) is 9.14. The molecule has 1 fully saturated rings. The Kier molecular flexibility index (Phi) is 5.52. The summed E-state index contributed by atoms with van der Waals surface area (Å²) < 4.78 is 34.5. The van der Waals surface area contributed by atoms with Gasteiger partial charge in [-0.3, -0.25) is 4.90 Å². The van der Waals surface area contributed by atoms with Crippen molar-refractivity contribution in [1.29, 1.82) is 0 Å². The smallest absolute Gasteiger partial charge is 0.213 e. The summed E-state index contributed by atoms with van der Waals surface area (Å²) in [6.07, 6.45) is 0. The minimum Gasteiger partial charge on any atom is -0.497 e. The van der Waals surface area contributed by atoms with E-state index >= 15 is 0 Å². The molecule has 3 aromatic rings. The molecule has 1 spiro atoms. The van der Waals surface area contributed by atoms with E-state index in [1.807, 2.05) is 37.4 Å². The van der Waals surface area contributed by atoms with E-state index in [2.05, 4.69) is 27.7 Å². The first kappa shape index (κ1) is 22.4. The van der Waals surface area contributed by atoms with Crippen LogP contribution in [0.3, 0.4) is 0 Å². The van der Waals surface area contributed by atoms with Crippen molar-refractivity contribution in [3.05, 3.63) is 65.4 Å². The van der Waals surface area contributed by atoms with Gasteiger partial charge in [0, 0.05) is 55.8 Å². The maximum atomic E-state index is 12.6. The molecule has 176 valence electrons. The number of aromatic nitrogens is 1. The van der Waals surface area contributed by atoms with E-state index in [-0.39, 0.29) is 23.8 Å². The zero-order valence-corrected chi connectivity index (χ0v) is 20.2. The molecule has 1 N–H and O–H groups in total. The summed E-state index contributed by atoms with van der Waals surface area (Å²) in [7, 11) is 0.432. The Balaban J connectivity index is 1.66. The van der Waals surface area contributed by atoms with Crippen LogP contribution in [0.1, 0.15) is 29.8 Å². The van der Waals surface area contributed by atoms with Gasteiger partial charge in [0.2, 0.25) is 10.0 Å². The summed E-state index contributed by atoms with van der Waals surface area (Å²) in [4.78, 5) is 2.31.